The third kappa shape index (κ3) is 2.43. The Hall–Kier alpha value is -1.65. The lowest BCUT2D eigenvalue weighted by molar-refractivity contribution is 0.0601. The van der Waals surface area contributed by atoms with Crippen LogP contribution < -0.4 is 5.32 Å². The van der Waals surface area contributed by atoms with Gasteiger partial charge in [-0.15, -0.1) is 0 Å². The highest BCUT2D eigenvalue weighted by molar-refractivity contribution is 5.95. The highest BCUT2D eigenvalue weighted by Crippen LogP contribution is 2.25. The average molecular weight is 215 g/mol. The van der Waals surface area contributed by atoms with Crippen LogP contribution >= 0.6 is 0 Å². The van der Waals surface area contributed by atoms with Gasteiger partial charge in [0, 0.05) is 18.3 Å². The van der Waals surface area contributed by atoms with Gasteiger partial charge in [0.2, 0.25) is 0 Å². The maximum atomic E-state index is 12.4. The van der Waals surface area contributed by atoms with Crippen LogP contribution in [0.1, 0.15) is 22.3 Å². The van der Waals surface area contributed by atoms with E-state index < -0.39 is 12.4 Å². The van der Waals surface area contributed by atoms with E-state index >= 15 is 0 Å². The molecule has 0 heterocycles. The molecular formula is C10H11F2NO2. The molecule has 0 aliphatic rings. The van der Waals surface area contributed by atoms with Gasteiger partial charge in [-0.25, -0.2) is 13.6 Å². The van der Waals surface area contributed by atoms with Gasteiger partial charge in [0.15, 0.2) is 0 Å². The molecule has 0 aliphatic heterocycles. The number of hydrogen-bond donors (Lipinski definition) is 1. The Morgan fingerprint density at radius 1 is 1.47 bits per heavy atom. The van der Waals surface area contributed by atoms with Crippen molar-refractivity contribution in [1.29, 1.82) is 0 Å². The number of ether oxygens (including phenoxy) is 1. The minimum atomic E-state index is -2.55. The first-order chi connectivity index (χ1) is 7.10. The summed E-state index contributed by atoms with van der Waals surface area (Å²) in [6, 6.07) is 3.76. The van der Waals surface area contributed by atoms with E-state index in [4.69, 9.17) is 0 Å². The summed E-state index contributed by atoms with van der Waals surface area (Å²) in [4.78, 5) is 11.2. The van der Waals surface area contributed by atoms with E-state index in [2.05, 4.69) is 10.1 Å². The molecule has 0 radical (unpaired) electrons. The maximum Gasteiger partial charge on any atom is 0.339 e. The standard InChI is InChI=1S/C10H11F2NO2/c1-13-8-5-6(9(11)12)3-4-7(8)10(14)15-2/h3-5,9,13H,1-2H3. The molecule has 0 spiro atoms. The van der Waals surface area contributed by atoms with Crippen molar-refractivity contribution in [2.24, 2.45) is 0 Å². The van der Waals surface area contributed by atoms with Crippen LogP contribution in [0.3, 0.4) is 0 Å². The first-order valence-electron chi connectivity index (χ1n) is 4.28. The van der Waals surface area contributed by atoms with Gasteiger partial charge in [-0.1, -0.05) is 6.07 Å². The summed E-state index contributed by atoms with van der Waals surface area (Å²) in [6.45, 7) is 0. The molecule has 1 aromatic rings. The summed E-state index contributed by atoms with van der Waals surface area (Å²) >= 11 is 0. The van der Waals surface area contributed by atoms with Gasteiger partial charge in [-0.3, -0.25) is 0 Å². The molecule has 1 N–H and O–H groups in total. The molecule has 3 nitrogen and oxygen atoms in total. The zero-order valence-corrected chi connectivity index (χ0v) is 8.38. The highest BCUT2D eigenvalue weighted by Gasteiger charge is 2.14. The van der Waals surface area contributed by atoms with Gasteiger partial charge in [0.05, 0.1) is 12.7 Å². The number of anilines is 1. The summed E-state index contributed by atoms with van der Waals surface area (Å²) < 4.78 is 29.2. The van der Waals surface area contributed by atoms with E-state index in [1.165, 1.54) is 25.3 Å². The lowest BCUT2D eigenvalue weighted by atomic mass is 10.1. The summed E-state index contributed by atoms with van der Waals surface area (Å²) in [5, 5.41) is 2.67. The predicted molar refractivity (Wildman–Crippen MR) is 52.3 cm³/mol. The molecule has 5 heteroatoms. The summed E-state index contributed by atoms with van der Waals surface area (Å²) in [6.07, 6.45) is -2.55. The number of carbonyl (C=O) groups is 1. The quantitative estimate of drug-likeness (QED) is 0.787. The number of benzene rings is 1. The molecule has 0 unspecified atom stereocenters. The molecule has 1 rings (SSSR count). The smallest absolute Gasteiger partial charge is 0.339 e. The van der Waals surface area contributed by atoms with Crippen molar-refractivity contribution in [2.75, 3.05) is 19.5 Å². The fourth-order valence-corrected chi connectivity index (χ4v) is 1.19. The average Bonchev–Trinajstić information content (AvgIpc) is 2.27. The highest BCUT2D eigenvalue weighted by atomic mass is 19.3. The van der Waals surface area contributed by atoms with Crippen LogP contribution in [0.5, 0.6) is 0 Å². The third-order valence-electron chi connectivity index (χ3n) is 1.97. The molecule has 0 atom stereocenters. The summed E-state index contributed by atoms with van der Waals surface area (Å²) in [7, 11) is 2.79. The minimum absolute atomic E-state index is 0.132. The number of methoxy groups -OCH3 is 1. The predicted octanol–water partition coefficient (Wildman–Crippen LogP) is 2.45. The van der Waals surface area contributed by atoms with Crippen LogP contribution in [0.4, 0.5) is 14.5 Å². The van der Waals surface area contributed by atoms with Crippen LogP contribution in [0.2, 0.25) is 0 Å². The topological polar surface area (TPSA) is 38.3 Å². The van der Waals surface area contributed by atoms with Crippen molar-refractivity contribution < 1.29 is 18.3 Å². The van der Waals surface area contributed by atoms with Crippen molar-refractivity contribution in [2.45, 2.75) is 6.43 Å². The molecule has 0 aliphatic carbocycles. The van der Waals surface area contributed by atoms with E-state index in [0.717, 1.165) is 0 Å². The van der Waals surface area contributed by atoms with Gasteiger partial charge < -0.3 is 10.1 Å². The Balaban J connectivity index is 3.15. The van der Waals surface area contributed by atoms with Gasteiger partial charge >= 0.3 is 5.97 Å². The Bertz CT molecular complexity index is 366. The Morgan fingerprint density at radius 3 is 2.60 bits per heavy atom. The molecular weight excluding hydrogens is 204 g/mol. The number of alkyl halides is 2. The SMILES string of the molecule is CNc1cc(C(F)F)ccc1C(=O)OC. The molecule has 0 saturated carbocycles. The zero-order valence-electron chi connectivity index (χ0n) is 8.38. The van der Waals surface area contributed by atoms with Crippen molar-refractivity contribution in [3.05, 3.63) is 29.3 Å². The van der Waals surface area contributed by atoms with Gasteiger partial charge in [-0.2, -0.15) is 0 Å². The number of halogens is 2. The fourth-order valence-electron chi connectivity index (χ4n) is 1.19. The lowest BCUT2D eigenvalue weighted by Gasteiger charge is -2.09. The fraction of sp³-hybridized carbons (Fsp3) is 0.300. The normalized spacial score (nSPS) is 10.2. The molecule has 0 amide bonds. The van der Waals surface area contributed by atoms with Crippen LogP contribution in [0.15, 0.2) is 18.2 Å². The van der Waals surface area contributed by atoms with Crippen molar-refractivity contribution in [1.82, 2.24) is 0 Å². The van der Waals surface area contributed by atoms with E-state index in [0.29, 0.717) is 5.69 Å². The van der Waals surface area contributed by atoms with Crippen LogP contribution in [-0.2, 0) is 4.74 Å². The number of nitrogens with one attached hydrogen (secondary N) is 1. The molecule has 15 heavy (non-hydrogen) atoms. The second-order valence-corrected chi connectivity index (χ2v) is 2.85. The Morgan fingerprint density at radius 2 is 2.13 bits per heavy atom. The second-order valence-electron chi connectivity index (χ2n) is 2.85. The Kier molecular flexibility index (Phi) is 3.60. The molecule has 0 aromatic heterocycles. The molecule has 1 aromatic carbocycles. The van der Waals surface area contributed by atoms with E-state index in [9.17, 15) is 13.6 Å². The van der Waals surface area contributed by atoms with Gasteiger partial charge in [0.25, 0.3) is 6.43 Å². The number of rotatable bonds is 3. The minimum Gasteiger partial charge on any atom is -0.465 e. The number of hydrogen-bond acceptors (Lipinski definition) is 3. The third-order valence-corrected chi connectivity index (χ3v) is 1.97. The van der Waals surface area contributed by atoms with Crippen molar-refractivity contribution >= 4 is 11.7 Å². The number of carbonyl (C=O) groups excluding carboxylic acids is 1. The number of esters is 1. The lowest BCUT2D eigenvalue weighted by Crippen LogP contribution is -2.06. The van der Waals surface area contributed by atoms with Gasteiger partial charge in [0.1, 0.15) is 0 Å². The zero-order chi connectivity index (χ0) is 11.4. The van der Waals surface area contributed by atoms with Crippen molar-refractivity contribution in [3.63, 3.8) is 0 Å². The van der Waals surface area contributed by atoms with Crippen LogP contribution in [-0.4, -0.2) is 20.1 Å². The molecule has 0 saturated heterocycles. The largest absolute Gasteiger partial charge is 0.465 e. The summed E-state index contributed by atoms with van der Waals surface area (Å²) in [5.74, 6) is -0.555. The first-order valence-corrected chi connectivity index (χ1v) is 4.28. The van der Waals surface area contributed by atoms with Crippen molar-refractivity contribution in [3.8, 4) is 0 Å². The maximum absolute atomic E-state index is 12.4. The monoisotopic (exact) mass is 215 g/mol. The summed E-state index contributed by atoms with van der Waals surface area (Å²) in [5.41, 5.74) is 0.441. The van der Waals surface area contributed by atoms with E-state index in [-0.39, 0.29) is 11.1 Å². The molecule has 0 fully saturated rings. The van der Waals surface area contributed by atoms with Crippen LogP contribution in [0.25, 0.3) is 0 Å². The first kappa shape index (κ1) is 11.4. The molecule has 82 valence electrons. The second kappa shape index (κ2) is 4.72. The van der Waals surface area contributed by atoms with E-state index in [1.807, 2.05) is 0 Å². The van der Waals surface area contributed by atoms with Crippen LogP contribution in [0, 0.1) is 0 Å². The molecule has 0 bridgehead atoms. The van der Waals surface area contributed by atoms with Gasteiger partial charge in [-0.05, 0) is 12.1 Å². The Labute approximate surface area is 86.0 Å². The van der Waals surface area contributed by atoms with E-state index in [1.54, 1.807) is 7.05 Å².